The molecule has 7 heteroatoms. The van der Waals surface area contributed by atoms with Gasteiger partial charge in [0.1, 0.15) is 5.75 Å². The summed E-state index contributed by atoms with van der Waals surface area (Å²) < 4.78 is 12.9. The Morgan fingerprint density at radius 3 is 2.53 bits per heavy atom. The van der Waals surface area contributed by atoms with Crippen LogP contribution in [0.5, 0.6) is 11.6 Å². The van der Waals surface area contributed by atoms with Gasteiger partial charge in [0.15, 0.2) is 0 Å². The number of methoxy groups -OCH3 is 1. The molecule has 1 heterocycles. The summed E-state index contributed by atoms with van der Waals surface area (Å²) in [6.45, 7) is 5.00. The number of halogens is 1. The van der Waals surface area contributed by atoms with E-state index in [1.54, 1.807) is 16.7 Å². The number of amides is 1. The Morgan fingerprint density at radius 2 is 1.87 bits per heavy atom. The Kier molecular flexibility index (Phi) is 5.68. The van der Waals surface area contributed by atoms with Crippen LogP contribution in [0.4, 0.5) is 4.79 Å². The van der Waals surface area contributed by atoms with Crippen LogP contribution in [0, 0.1) is 0 Å². The topological polar surface area (TPSA) is 56.6 Å². The highest BCUT2D eigenvalue weighted by atomic mass is 35.5. The molecule has 0 spiro atoms. The molecule has 0 unspecified atom stereocenters. The van der Waals surface area contributed by atoms with E-state index in [1.807, 2.05) is 56.3 Å². The fourth-order valence-electron chi connectivity index (χ4n) is 3.78. The highest BCUT2D eigenvalue weighted by molar-refractivity contribution is 6.30. The van der Waals surface area contributed by atoms with Gasteiger partial charge in [-0.15, -0.1) is 0 Å². The minimum absolute atomic E-state index is 0.390. The van der Waals surface area contributed by atoms with E-state index in [0.717, 1.165) is 46.7 Å². The molecule has 1 aliphatic rings. The van der Waals surface area contributed by atoms with Crippen molar-refractivity contribution >= 4 is 17.7 Å². The van der Waals surface area contributed by atoms with Crippen molar-refractivity contribution in [3.05, 3.63) is 58.7 Å². The first kappa shape index (κ1) is 20.3. The third kappa shape index (κ3) is 3.63. The van der Waals surface area contributed by atoms with Crippen LogP contribution in [-0.2, 0) is 12.8 Å². The number of fused-ring (bicyclic) bond motifs is 3. The van der Waals surface area contributed by atoms with Crippen LogP contribution in [0.25, 0.3) is 16.8 Å². The molecule has 6 nitrogen and oxygen atoms in total. The molecule has 0 saturated carbocycles. The van der Waals surface area contributed by atoms with Crippen molar-refractivity contribution in [1.29, 1.82) is 0 Å². The van der Waals surface area contributed by atoms with E-state index in [4.69, 9.17) is 26.2 Å². The maximum absolute atomic E-state index is 12.8. The van der Waals surface area contributed by atoms with Gasteiger partial charge in [-0.2, -0.15) is 9.78 Å². The highest BCUT2D eigenvalue weighted by Crippen LogP contribution is 2.42. The first-order valence-electron chi connectivity index (χ1n) is 10.1. The summed E-state index contributed by atoms with van der Waals surface area (Å²) in [5.74, 6) is 1.17. The van der Waals surface area contributed by atoms with Crippen molar-refractivity contribution in [1.82, 2.24) is 14.7 Å². The van der Waals surface area contributed by atoms with Crippen LogP contribution in [-0.4, -0.2) is 41.0 Å². The number of nitrogens with zero attached hydrogens (tertiary/aromatic N) is 3. The second-order valence-electron chi connectivity index (χ2n) is 7.08. The van der Waals surface area contributed by atoms with Gasteiger partial charge in [-0.1, -0.05) is 17.7 Å². The van der Waals surface area contributed by atoms with Crippen LogP contribution >= 0.6 is 11.6 Å². The predicted molar refractivity (Wildman–Crippen MR) is 117 cm³/mol. The van der Waals surface area contributed by atoms with E-state index in [0.29, 0.717) is 24.0 Å². The Morgan fingerprint density at radius 1 is 1.13 bits per heavy atom. The molecular formula is C23H24ClN3O3. The lowest BCUT2D eigenvalue weighted by atomic mass is 9.90. The summed E-state index contributed by atoms with van der Waals surface area (Å²) >= 11 is 6.21. The molecule has 4 rings (SSSR count). The second kappa shape index (κ2) is 8.40. The number of benzene rings is 2. The lowest BCUT2D eigenvalue weighted by Crippen LogP contribution is -2.33. The van der Waals surface area contributed by atoms with Crippen molar-refractivity contribution in [3.63, 3.8) is 0 Å². The van der Waals surface area contributed by atoms with Crippen molar-refractivity contribution in [3.8, 4) is 28.4 Å². The SMILES string of the molecule is CCN(CC)C(=O)Oc1c2c(nn1-c1ccc(OC)cc1)CCc1cc(Cl)ccc1-2. The van der Waals surface area contributed by atoms with Gasteiger partial charge < -0.3 is 14.4 Å². The maximum atomic E-state index is 12.8. The Balaban J connectivity index is 1.86. The summed E-state index contributed by atoms with van der Waals surface area (Å²) in [5.41, 5.74) is 4.68. The summed E-state index contributed by atoms with van der Waals surface area (Å²) in [4.78, 5) is 14.5. The summed E-state index contributed by atoms with van der Waals surface area (Å²) in [6.07, 6.45) is 1.20. The monoisotopic (exact) mass is 425 g/mol. The zero-order valence-corrected chi connectivity index (χ0v) is 18.1. The third-order valence-electron chi connectivity index (χ3n) is 5.41. The van der Waals surface area contributed by atoms with Crippen molar-refractivity contribution in [2.75, 3.05) is 20.2 Å². The van der Waals surface area contributed by atoms with Crippen LogP contribution in [0.1, 0.15) is 25.1 Å². The van der Waals surface area contributed by atoms with Crippen LogP contribution in [0.3, 0.4) is 0 Å². The molecule has 30 heavy (non-hydrogen) atoms. The molecule has 3 aromatic rings. The van der Waals surface area contributed by atoms with Gasteiger partial charge in [-0.3, -0.25) is 0 Å². The molecule has 0 saturated heterocycles. The normalized spacial score (nSPS) is 12.1. The van der Waals surface area contributed by atoms with Crippen molar-refractivity contribution in [2.24, 2.45) is 0 Å². The molecule has 2 aromatic carbocycles. The summed E-state index contributed by atoms with van der Waals surface area (Å²) in [5, 5.41) is 5.50. The summed E-state index contributed by atoms with van der Waals surface area (Å²) in [6, 6.07) is 13.3. The van der Waals surface area contributed by atoms with E-state index in [1.165, 1.54) is 0 Å². The van der Waals surface area contributed by atoms with E-state index in [9.17, 15) is 4.79 Å². The number of carbonyl (C=O) groups excluding carboxylic acids is 1. The largest absolute Gasteiger partial charge is 0.497 e. The average Bonchev–Trinajstić information content (AvgIpc) is 3.13. The van der Waals surface area contributed by atoms with Gasteiger partial charge in [-0.25, -0.2) is 4.79 Å². The number of hydrogen-bond acceptors (Lipinski definition) is 4. The van der Waals surface area contributed by atoms with Gasteiger partial charge in [0.05, 0.1) is 24.1 Å². The molecule has 0 fully saturated rings. The minimum atomic E-state index is -0.390. The average molecular weight is 426 g/mol. The lowest BCUT2D eigenvalue weighted by Gasteiger charge is -2.20. The fourth-order valence-corrected chi connectivity index (χ4v) is 3.97. The maximum Gasteiger partial charge on any atom is 0.416 e. The van der Waals surface area contributed by atoms with E-state index < -0.39 is 6.09 Å². The minimum Gasteiger partial charge on any atom is -0.497 e. The molecule has 1 aliphatic carbocycles. The van der Waals surface area contributed by atoms with Gasteiger partial charge in [0.25, 0.3) is 0 Å². The zero-order chi connectivity index (χ0) is 21.3. The quantitative estimate of drug-likeness (QED) is 0.567. The standard InChI is InChI=1S/C23H24ClN3O3/c1-4-26(5-2)23(28)30-22-21-19-12-7-16(24)14-15(19)6-13-20(21)25-27(22)17-8-10-18(29-3)11-9-17/h7-12,14H,4-6,13H2,1-3H3. The van der Waals surface area contributed by atoms with Gasteiger partial charge in [0.2, 0.25) is 5.88 Å². The van der Waals surface area contributed by atoms with E-state index >= 15 is 0 Å². The van der Waals surface area contributed by atoms with Gasteiger partial charge in [0, 0.05) is 18.1 Å². The van der Waals surface area contributed by atoms with Gasteiger partial charge in [-0.05, 0) is 74.2 Å². The Hall–Kier alpha value is -2.99. The van der Waals surface area contributed by atoms with Crippen molar-refractivity contribution in [2.45, 2.75) is 26.7 Å². The molecule has 0 bridgehead atoms. The molecule has 156 valence electrons. The molecule has 0 aliphatic heterocycles. The predicted octanol–water partition coefficient (Wildman–Crippen LogP) is 5.14. The number of aryl methyl sites for hydroxylation is 2. The van der Waals surface area contributed by atoms with Crippen molar-refractivity contribution < 1.29 is 14.3 Å². The van der Waals surface area contributed by atoms with Crippen LogP contribution in [0.2, 0.25) is 5.02 Å². The Bertz CT molecular complexity index is 1070. The van der Waals surface area contributed by atoms with Crippen LogP contribution in [0.15, 0.2) is 42.5 Å². The number of carbonyl (C=O) groups is 1. The smallest absolute Gasteiger partial charge is 0.416 e. The fraction of sp³-hybridized carbons (Fsp3) is 0.304. The molecule has 0 radical (unpaired) electrons. The van der Waals surface area contributed by atoms with E-state index in [2.05, 4.69) is 0 Å². The zero-order valence-electron chi connectivity index (χ0n) is 17.3. The highest BCUT2D eigenvalue weighted by Gasteiger charge is 2.29. The first-order chi connectivity index (χ1) is 14.5. The van der Waals surface area contributed by atoms with Crippen LogP contribution < -0.4 is 9.47 Å². The van der Waals surface area contributed by atoms with E-state index in [-0.39, 0.29) is 0 Å². The molecule has 0 atom stereocenters. The first-order valence-corrected chi connectivity index (χ1v) is 10.4. The lowest BCUT2D eigenvalue weighted by molar-refractivity contribution is 0.154. The molecular weight excluding hydrogens is 402 g/mol. The number of ether oxygens (including phenoxy) is 2. The number of rotatable bonds is 5. The molecule has 1 aromatic heterocycles. The second-order valence-corrected chi connectivity index (χ2v) is 7.51. The number of hydrogen-bond donors (Lipinski definition) is 0. The Labute approximate surface area is 181 Å². The molecule has 0 N–H and O–H groups in total. The van der Waals surface area contributed by atoms with Gasteiger partial charge >= 0.3 is 6.09 Å². The number of aromatic nitrogens is 2. The summed E-state index contributed by atoms with van der Waals surface area (Å²) in [7, 11) is 1.63. The third-order valence-corrected chi connectivity index (χ3v) is 5.64. The molecule has 1 amide bonds.